The van der Waals surface area contributed by atoms with Crippen LogP contribution in [0, 0.1) is 11.7 Å². The molecule has 1 amide bonds. The van der Waals surface area contributed by atoms with Crippen LogP contribution >= 0.6 is 12.4 Å². The number of halogens is 2. The highest BCUT2D eigenvalue weighted by Gasteiger charge is 2.24. The zero-order valence-electron chi connectivity index (χ0n) is 12.4. The molecular weight excluding hydrogens is 295 g/mol. The van der Waals surface area contributed by atoms with E-state index in [2.05, 4.69) is 5.32 Å². The second-order valence-electron chi connectivity index (χ2n) is 5.17. The average Bonchev–Trinajstić information content (AvgIpc) is 2.47. The zero-order chi connectivity index (χ0) is 14.5. The summed E-state index contributed by atoms with van der Waals surface area (Å²) in [6.07, 6.45) is 2.12. The second kappa shape index (κ2) is 8.20. The quantitative estimate of drug-likeness (QED) is 0.927. The molecule has 1 atom stereocenters. The summed E-state index contributed by atoms with van der Waals surface area (Å²) in [6, 6.07) is 4.37. The van der Waals surface area contributed by atoms with Crippen LogP contribution in [-0.2, 0) is 0 Å². The van der Waals surface area contributed by atoms with Crippen molar-refractivity contribution >= 4 is 18.3 Å². The van der Waals surface area contributed by atoms with Gasteiger partial charge in [0.2, 0.25) is 0 Å². The van der Waals surface area contributed by atoms with E-state index in [-0.39, 0.29) is 24.1 Å². The van der Waals surface area contributed by atoms with Gasteiger partial charge in [0.25, 0.3) is 5.91 Å². The Morgan fingerprint density at radius 3 is 2.90 bits per heavy atom. The Morgan fingerprint density at radius 1 is 1.52 bits per heavy atom. The Kier molecular flexibility index (Phi) is 6.92. The molecule has 6 heteroatoms. The van der Waals surface area contributed by atoms with E-state index in [1.807, 2.05) is 11.9 Å². The van der Waals surface area contributed by atoms with Crippen LogP contribution in [0.25, 0.3) is 0 Å². The molecular formula is C15H22ClFN2O2. The third kappa shape index (κ3) is 4.32. The molecule has 21 heavy (non-hydrogen) atoms. The van der Waals surface area contributed by atoms with Crippen molar-refractivity contribution in [3.63, 3.8) is 0 Å². The standard InChI is InChI=1S/C15H21FN2O2.ClH/c1-17-9-11-4-3-7-18(10-11)15(19)12-5-6-14(20-2)13(16)8-12;/h5-6,8,11,17H,3-4,7,9-10H2,1-2H3;1H. The monoisotopic (exact) mass is 316 g/mol. The fourth-order valence-corrected chi connectivity index (χ4v) is 2.69. The lowest BCUT2D eigenvalue weighted by molar-refractivity contribution is 0.0673. The van der Waals surface area contributed by atoms with Gasteiger partial charge in [-0.1, -0.05) is 0 Å². The third-order valence-electron chi connectivity index (χ3n) is 3.70. The van der Waals surface area contributed by atoms with Gasteiger partial charge in [-0.2, -0.15) is 0 Å². The molecule has 1 N–H and O–H groups in total. The number of rotatable bonds is 4. The fourth-order valence-electron chi connectivity index (χ4n) is 2.69. The van der Waals surface area contributed by atoms with Crippen LogP contribution < -0.4 is 10.1 Å². The van der Waals surface area contributed by atoms with E-state index >= 15 is 0 Å². The summed E-state index contributed by atoms with van der Waals surface area (Å²) in [5, 5.41) is 3.15. The molecule has 0 saturated carbocycles. The largest absolute Gasteiger partial charge is 0.494 e. The molecule has 118 valence electrons. The first-order valence-corrected chi connectivity index (χ1v) is 6.93. The predicted octanol–water partition coefficient (Wildman–Crippen LogP) is 2.33. The van der Waals surface area contributed by atoms with Crippen LogP contribution in [0.5, 0.6) is 5.75 Å². The van der Waals surface area contributed by atoms with E-state index in [1.165, 1.54) is 19.2 Å². The van der Waals surface area contributed by atoms with Crippen molar-refractivity contribution in [2.75, 3.05) is 33.8 Å². The van der Waals surface area contributed by atoms with E-state index in [4.69, 9.17) is 4.74 Å². The number of ether oxygens (including phenoxy) is 1. The SMILES string of the molecule is CNCC1CCCN(C(=O)c2ccc(OC)c(F)c2)C1.Cl. The lowest BCUT2D eigenvalue weighted by atomic mass is 9.97. The number of hydrogen-bond donors (Lipinski definition) is 1. The molecule has 1 unspecified atom stereocenters. The topological polar surface area (TPSA) is 41.6 Å². The zero-order valence-corrected chi connectivity index (χ0v) is 13.2. The lowest BCUT2D eigenvalue weighted by Gasteiger charge is -2.32. The van der Waals surface area contributed by atoms with E-state index in [0.717, 1.165) is 32.5 Å². The van der Waals surface area contributed by atoms with Crippen molar-refractivity contribution in [2.24, 2.45) is 5.92 Å². The van der Waals surface area contributed by atoms with Crippen LogP contribution in [0.1, 0.15) is 23.2 Å². The summed E-state index contributed by atoms with van der Waals surface area (Å²) in [4.78, 5) is 14.2. The van der Waals surface area contributed by atoms with Gasteiger partial charge in [-0.25, -0.2) is 4.39 Å². The predicted molar refractivity (Wildman–Crippen MR) is 82.8 cm³/mol. The van der Waals surface area contributed by atoms with Crippen molar-refractivity contribution < 1.29 is 13.9 Å². The number of methoxy groups -OCH3 is 1. The van der Waals surface area contributed by atoms with E-state index in [9.17, 15) is 9.18 Å². The van der Waals surface area contributed by atoms with Gasteiger partial charge in [0, 0.05) is 18.7 Å². The second-order valence-corrected chi connectivity index (χ2v) is 5.17. The van der Waals surface area contributed by atoms with E-state index in [1.54, 1.807) is 6.07 Å². The summed E-state index contributed by atoms with van der Waals surface area (Å²) in [5.41, 5.74) is 0.383. The number of likely N-dealkylation sites (tertiary alicyclic amines) is 1. The minimum absolute atomic E-state index is 0. The molecule has 1 saturated heterocycles. The Hall–Kier alpha value is -1.33. The number of hydrogen-bond acceptors (Lipinski definition) is 3. The van der Waals surface area contributed by atoms with Crippen LogP contribution in [0.3, 0.4) is 0 Å². The van der Waals surface area contributed by atoms with Gasteiger partial charge in [0.05, 0.1) is 7.11 Å². The number of carbonyl (C=O) groups excluding carboxylic acids is 1. The minimum atomic E-state index is -0.498. The van der Waals surface area contributed by atoms with E-state index in [0.29, 0.717) is 11.5 Å². The maximum absolute atomic E-state index is 13.7. The smallest absolute Gasteiger partial charge is 0.253 e. The van der Waals surface area contributed by atoms with Gasteiger partial charge in [-0.15, -0.1) is 12.4 Å². The molecule has 0 spiro atoms. The van der Waals surface area contributed by atoms with Gasteiger partial charge in [-0.3, -0.25) is 4.79 Å². The van der Waals surface area contributed by atoms with Crippen LogP contribution in [0.15, 0.2) is 18.2 Å². The highest BCUT2D eigenvalue weighted by molar-refractivity contribution is 5.94. The Morgan fingerprint density at radius 2 is 2.29 bits per heavy atom. The molecule has 1 aliphatic heterocycles. The molecule has 2 rings (SSSR count). The average molecular weight is 317 g/mol. The highest BCUT2D eigenvalue weighted by atomic mass is 35.5. The van der Waals surface area contributed by atoms with Gasteiger partial charge < -0.3 is 15.0 Å². The van der Waals surface area contributed by atoms with Crippen LogP contribution in [0.4, 0.5) is 4.39 Å². The number of amides is 1. The van der Waals surface area contributed by atoms with Gasteiger partial charge in [0.15, 0.2) is 11.6 Å². The van der Waals surface area contributed by atoms with Crippen molar-refractivity contribution in [3.8, 4) is 5.75 Å². The van der Waals surface area contributed by atoms with E-state index < -0.39 is 5.82 Å². The molecule has 0 aromatic heterocycles. The summed E-state index contributed by atoms with van der Waals surface area (Å²) in [6.45, 7) is 2.38. The van der Waals surface area contributed by atoms with Crippen molar-refractivity contribution in [1.82, 2.24) is 10.2 Å². The molecule has 1 aromatic rings. The molecule has 0 bridgehead atoms. The maximum Gasteiger partial charge on any atom is 0.253 e. The number of piperidine rings is 1. The number of nitrogens with zero attached hydrogens (tertiary/aromatic N) is 1. The molecule has 1 aromatic carbocycles. The molecule has 1 aliphatic rings. The third-order valence-corrected chi connectivity index (χ3v) is 3.70. The minimum Gasteiger partial charge on any atom is -0.494 e. The van der Waals surface area contributed by atoms with Crippen LogP contribution in [0.2, 0.25) is 0 Å². The fraction of sp³-hybridized carbons (Fsp3) is 0.533. The molecule has 0 radical (unpaired) electrons. The maximum atomic E-state index is 13.7. The lowest BCUT2D eigenvalue weighted by Crippen LogP contribution is -2.42. The van der Waals surface area contributed by atoms with Crippen molar-refractivity contribution in [1.29, 1.82) is 0 Å². The van der Waals surface area contributed by atoms with Crippen molar-refractivity contribution in [3.05, 3.63) is 29.6 Å². The Balaban J connectivity index is 0.00000220. The van der Waals surface area contributed by atoms with Crippen LogP contribution in [-0.4, -0.2) is 44.6 Å². The van der Waals surface area contributed by atoms with Crippen molar-refractivity contribution in [2.45, 2.75) is 12.8 Å². The van der Waals surface area contributed by atoms with Gasteiger partial charge >= 0.3 is 0 Å². The summed E-state index contributed by atoms with van der Waals surface area (Å²) in [7, 11) is 3.33. The molecule has 0 aliphatic carbocycles. The molecule has 4 nitrogen and oxygen atoms in total. The first kappa shape index (κ1) is 17.7. The molecule has 1 fully saturated rings. The Bertz CT molecular complexity index is 483. The number of carbonyl (C=O) groups is 1. The Labute approximate surface area is 131 Å². The first-order valence-electron chi connectivity index (χ1n) is 6.93. The first-order chi connectivity index (χ1) is 9.65. The van der Waals surface area contributed by atoms with Gasteiger partial charge in [-0.05, 0) is 50.6 Å². The summed E-state index contributed by atoms with van der Waals surface area (Å²) < 4.78 is 18.5. The summed E-state index contributed by atoms with van der Waals surface area (Å²) >= 11 is 0. The molecule has 1 heterocycles. The summed E-state index contributed by atoms with van der Waals surface area (Å²) in [5.74, 6) is 0.0311. The normalized spacial score (nSPS) is 18.0. The number of nitrogens with one attached hydrogen (secondary N) is 1. The highest BCUT2D eigenvalue weighted by Crippen LogP contribution is 2.21. The van der Waals surface area contributed by atoms with Gasteiger partial charge in [0.1, 0.15) is 0 Å². The number of benzene rings is 1.